The monoisotopic (exact) mass is 151 g/mol. The molecule has 0 aliphatic carbocycles. The Morgan fingerprint density at radius 2 is 2.64 bits per heavy atom. The topological polar surface area (TPSA) is 46.9 Å². The zero-order valence-corrected chi connectivity index (χ0v) is 6.03. The first-order valence-electron chi connectivity index (χ1n) is 3.65. The maximum Gasteiger partial charge on any atom is 0.244 e. The highest BCUT2D eigenvalue weighted by molar-refractivity contribution is 5.82. The van der Waals surface area contributed by atoms with Crippen LogP contribution >= 0.6 is 0 Å². The van der Waals surface area contributed by atoms with Gasteiger partial charge in [0, 0.05) is 18.9 Å². The van der Waals surface area contributed by atoms with Crippen molar-refractivity contribution in [2.75, 3.05) is 6.54 Å². The highest BCUT2D eigenvalue weighted by Gasteiger charge is 2.25. The molecule has 1 aromatic heterocycles. The summed E-state index contributed by atoms with van der Waals surface area (Å²) in [7, 11) is 0. The minimum absolute atomic E-state index is 0.0775. The largest absolute Gasteiger partial charge is 0.354 e. The lowest BCUT2D eigenvalue weighted by atomic mass is 10.2. The summed E-state index contributed by atoms with van der Waals surface area (Å²) < 4.78 is 1.70. The van der Waals surface area contributed by atoms with Crippen molar-refractivity contribution in [2.24, 2.45) is 0 Å². The van der Waals surface area contributed by atoms with Crippen molar-refractivity contribution < 1.29 is 4.79 Å². The van der Waals surface area contributed by atoms with Gasteiger partial charge in [-0.2, -0.15) is 5.10 Å². The Morgan fingerprint density at radius 3 is 3.18 bits per heavy atom. The van der Waals surface area contributed by atoms with Crippen LogP contribution in [-0.2, 0) is 4.79 Å². The molecule has 1 saturated heterocycles. The predicted molar refractivity (Wildman–Crippen MR) is 38.9 cm³/mol. The van der Waals surface area contributed by atoms with Gasteiger partial charge < -0.3 is 5.32 Å². The van der Waals surface area contributed by atoms with Gasteiger partial charge in [0.1, 0.15) is 6.04 Å². The Kier molecular flexibility index (Phi) is 1.38. The second-order valence-corrected chi connectivity index (χ2v) is 2.58. The summed E-state index contributed by atoms with van der Waals surface area (Å²) >= 11 is 0. The lowest BCUT2D eigenvalue weighted by Gasteiger charge is -2.05. The van der Waals surface area contributed by atoms with Gasteiger partial charge in [0.15, 0.2) is 0 Å². The Labute approximate surface area is 64.2 Å². The Morgan fingerprint density at radius 1 is 1.73 bits per heavy atom. The molecule has 0 radical (unpaired) electrons. The van der Waals surface area contributed by atoms with Crippen LogP contribution in [0, 0.1) is 0 Å². The molecule has 4 nitrogen and oxygen atoms in total. The second kappa shape index (κ2) is 2.38. The van der Waals surface area contributed by atoms with E-state index in [-0.39, 0.29) is 11.9 Å². The summed E-state index contributed by atoms with van der Waals surface area (Å²) in [6, 6.07) is 1.75. The van der Waals surface area contributed by atoms with Gasteiger partial charge >= 0.3 is 0 Å². The van der Waals surface area contributed by atoms with Crippen molar-refractivity contribution in [3.63, 3.8) is 0 Å². The molecule has 58 valence electrons. The lowest BCUT2D eigenvalue weighted by Crippen LogP contribution is -2.21. The fraction of sp³-hybridized carbons (Fsp3) is 0.429. The van der Waals surface area contributed by atoms with E-state index in [1.54, 1.807) is 10.9 Å². The van der Waals surface area contributed by atoms with E-state index in [0.29, 0.717) is 0 Å². The van der Waals surface area contributed by atoms with Crippen molar-refractivity contribution in [3.8, 4) is 0 Å². The van der Waals surface area contributed by atoms with E-state index in [9.17, 15) is 4.79 Å². The van der Waals surface area contributed by atoms with Gasteiger partial charge in [-0.1, -0.05) is 0 Å². The van der Waals surface area contributed by atoms with Crippen molar-refractivity contribution in [3.05, 3.63) is 18.5 Å². The van der Waals surface area contributed by atoms with Crippen LogP contribution in [0.3, 0.4) is 0 Å². The summed E-state index contributed by atoms with van der Waals surface area (Å²) in [6.45, 7) is 0.767. The third-order valence-corrected chi connectivity index (χ3v) is 1.86. The highest BCUT2D eigenvalue weighted by Crippen LogP contribution is 2.13. The summed E-state index contributed by atoms with van der Waals surface area (Å²) in [5.74, 6) is 0.0775. The molecule has 11 heavy (non-hydrogen) atoms. The molecule has 0 aromatic carbocycles. The molecule has 2 heterocycles. The van der Waals surface area contributed by atoms with Crippen LogP contribution < -0.4 is 5.32 Å². The van der Waals surface area contributed by atoms with Gasteiger partial charge in [0.25, 0.3) is 0 Å². The molecule has 0 spiro atoms. The smallest absolute Gasteiger partial charge is 0.244 e. The number of nitrogens with one attached hydrogen (secondary N) is 1. The number of hydrogen-bond donors (Lipinski definition) is 1. The van der Waals surface area contributed by atoms with E-state index in [0.717, 1.165) is 13.0 Å². The van der Waals surface area contributed by atoms with Crippen LogP contribution in [0.4, 0.5) is 0 Å². The standard InChI is InChI=1S/C7H9N3O/c11-7-6(2-4-8-7)10-5-1-3-9-10/h1,3,5-6H,2,4H2,(H,8,11). The molecular weight excluding hydrogens is 142 g/mol. The first kappa shape index (κ1) is 6.39. The van der Waals surface area contributed by atoms with E-state index in [2.05, 4.69) is 10.4 Å². The molecule has 1 aliphatic rings. The summed E-state index contributed by atoms with van der Waals surface area (Å²) in [4.78, 5) is 11.1. The molecular formula is C7H9N3O. The quantitative estimate of drug-likeness (QED) is 0.611. The number of amides is 1. The number of carbonyl (C=O) groups excluding carboxylic acids is 1. The molecule has 0 bridgehead atoms. The van der Waals surface area contributed by atoms with E-state index in [1.807, 2.05) is 12.3 Å². The van der Waals surface area contributed by atoms with Crippen LogP contribution in [0.2, 0.25) is 0 Å². The van der Waals surface area contributed by atoms with E-state index >= 15 is 0 Å². The number of aromatic nitrogens is 2. The van der Waals surface area contributed by atoms with Crippen LogP contribution in [0.25, 0.3) is 0 Å². The Hall–Kier alpha value is -1.32. The average molecular weight is 151 g/mol. The summed E-state index contributed by atoms with van der Waals surface area (Å²) in [6.07, 6.45) is 4.35. The van der Waals surface area contributed by atoms with Crippen LogP contribution in [-0.4, -0.2) is 22.2 Å². The van der Waals surface area contributed by atoms with Gasteiger partial charge in [-0.3, -0.25) is 9.48 Å². The maximum atomic E-state index is 11.1. The van der Waals surface area contributed by atoms with E-state index < -0.39 is 0 Å². The van der Waals surface area contributed by atoms with Crippen LogP contribution in [0.1, 0.15) is 12.5 Å². The van der Waals surface area contributed by atoms with Crippen LogP contribution in [0.15, 0.2) is 18.5 Å². The third kappa shape index (κ3) is 1.00. The van der Waals surface area contributed by atoms with Gasteiger partial charge in [0.05, 0.1) is 0 Å². The van der Waals surface area contributed by atoms with Crippen molar-refractivity contribution in [1.82, 2.24) is 15.1 Å². The first-order valence-corrected chi connectivity index (χ1v) is 3.65. The first-order chi connectivity index (χ1) is 5.38. The minimum atomic E-state index is -0.0787. The van der Waals surface area contributed by atoms with E-state index in [1.165, 1.54) is 0 Å². The molecule has 1 amide bonds. The normalized spacial score (nSPS) is 23.6. The van der Waals surface area contributed by atoms with Crippen LogP contribution in [0.5, 0.6) is 0 Å². The van der Waals surface area contributed by atoms with Crippen molar-refractivity contribution in [2.45, 2.75) is 12.5 Å². The second-order valence-electron chi connectivity index (χ2n) is 2.58. The molecule has 1 aliphatic heterocycles. The fourth-order valence-electron chi connectivity index (χ4n) is 1.30. The molecule has 1 atom stereocenters. The predicted octanol–water partition coefficient (Wildman–Crippen LogP) is -0.0559. The number of nitrogens with zero attached hydrogens (tertiary/aromatic N) is 2. The zero-order chi connectivity index (χ0) is 7.68. The van der Waals surface area contributed by atoms with Crippen molar-refractivity contribution in [1.29, 1.82) is 0 Å². The molecule has 0 saturated carbocycles. The number of carbonyl (C=O) groups is 1. The average Bonchev–Trinajstić information content (AvgIpc) is 2.55. The molecule has 1 fully saturated rings. The zero-order valence-electron chi connectivity index (χ0n) is 6.03. The van der Waals surface area contributed by atoms with Gasteiger partial charge in [-0.25, -0.2) is 0 Å². The van der Waals surface area contributed by atoms with E-state index in [4.69, 9.17) is 0 Å². The highest BCUT2D eigenvalue weighted by atomic mass is 16.2. The van der Waals surface area contributed by atoms with Gasteiger partial charge in [0.2, 0.25) is 5.91 Å². The minimum Gasteiger partial charge on any atom is -0.354 e. The van der Waals surface area contributed by atoms with Gasteiger partial charge in [-0.15, -0.1) is 0 Å². The lowest BCUT2D eigenvalue weighted by molar-refractivity contribution is -0.122. The molecule has 2 rings (SSSR count). The Balaban J connectivity index is 2.23. The molecule has 1 unspecified atom stereocenters. The summed E-state index contributed by atoms with van der Waals surface area (Å²) in [5.41, 5.74) is 0. The third-order valence-electron chi connectivity index (χ3n) is 1.86. The number of hydrogen-bond acceptors (Lipinski definition) is 2. The fourth-order valence-corrected chi connectivity index (χ4v) is 1.30. The van der Waals surface area contributed by atoms with Crippen molar-refractivity contribution >= 4 is 5.91 Å². The number of rotatable bonds is 1. The molecule has 1 aromatic rings. The molecule has 1 N–H and O–H groups in total. The maximum absolute atomic E-state index is 11.1. The SMILES string of the molecule is O=C1NCCC1n1cccn1. The van der Waals surface area contributed by atoms with Gasteiger partial charge in [-0.05, 0) is 12.5 Å². The molecule has 4 heteroatoms. The summed E-state index contributed by atoms with van der Waals surface area (Å²) in [5, 5.41) is 6.76. The Bertz CT molecular complexity index is 255.